The molecule has 2 aromatic heterocycles. The van der Waals surface area contributed by atoms with Gasteiger partial charge < -0.3 is 10.2 Å². The summed E-state index contributed by atoms with van der Waals surface area (Å²) in [6, 6.07) is 10.8. The van der Waals surface area contributed by atoms with E-state index in [2.05, 4.69) is 61.8 Å². The number of benzene rings is 1. The first-order chi connectivity index (χ1) is 18.3. The van der Waals surface area contributed by atoms with Crippen LogP contribution in [0, 0.1) is 5.92 Å². The lowest BCUT2D eigenvalue weighted by Crippen LogP contribution is -2.47. The van der Waals surface area contributed by atoms with E-state index >= 15 is 0 Å². The monoisotopic (exact) mass is 532 g/mol. The highest BCUT2D eigenvalue weighted by Gasteiger charge is 2.36. The van der Waals surface area contributed by atoms with E-state index in [0.717, 1.165) is 60.7 Å². The van der Waals surface area contributed by atoms with Crippen molar-refractivity contribution in [2.75, 3.05) is 36.4 Å². The number of thiophene rings is 1. The summed E-state index contributed by atoms with van der Waals surface area (Å²) >= 11 is 1.58. The Morgan fingerprint density at radius 3 is 2.55 bits per heavy atom. The fourth-order valence-corrected chi connectivity index (χ4v) is 6.21. The Labute approximate surface area is 228 Å². The molecule has 5 rings (SSSR count). The van der Waals surface area contributed by atoms with Crippen LogP contribution in [0.2, 0.25) is 0 Å². The minimum atomic E-state index is -0.00313. The van der Waals surface area contributed by atoms with E-state index in [9.17, 15) is 9.59 Å². The van der Waals surface area contributed by atoms with E-state index in [4.69, 9.17) is 9.97 Å². The first kappa shape index (κ1) is 26.3. The van der Waals surface area contributed by atoms with Crippen molar-refractivity contribution >= 4 is 45.1 Å². The molecule has 0 bridgehead atoms. The lowest BCUT2D eigenvalue weighted by atomic mass is 10.0. The van der Waals surface area contributed by atoms with E-state index in [0.29, 0.717) is 18.3 Å². The number of nitrogens with zero attached hydrogens (tertiary/aromatic N) is 5. The van der Waals surface area contributed by atoms with Gasteiger partial charge >= 0.3 is 0 Å². The van der Waals surface area contributed by atoms with Crippen LogP contribution in [0.4, 0.5) is 11.8 Å². The van der Waals surface area contributed by atoms with Crippen LogP contribution in [-0.4, -0.2) is 63.8 Å². The highest BCUT2D eigenvalue weighted by atomic mass is 32.1. The van der Waals surface area contributed by atoms with Crippen LogP contribution in [0.3, 0.4) is 0 Å². The summed E-state index contributed by atoms with van der Waals surface area (Å²) in [5.74, 6) is 1.78. The summed E-state index contributed by atoms with van der Waals surface area (Å²) in [4.78, 5) is 40.4. The van der Waals surface area contributed by atoms with Gasteiger partial charge in [0.05, 0.1) is 16.3 Å². The van der Waals surface area contributed by atoms with Gasteiger partial charge in [0, 0.05) is 45.2 Å². The summed E-state index contributed by atoms with van der Waals surface area (Å²) in [5, 5.41) is 5.48. The molecule has 2 atom stereocenters. The maximum absolute atomic E-state index is 12.9. The van der Waals surface area contributed by atoms with Crippen LogP contribution in [0.25, 0.3) is 10.2 Å². The Balaban J connectivity index is 1.27. The highest BCUT2D eigenvalue weighted by Crippen LogP contribution is 2.37. The smallest absolute Gasteiger partial charge is 0.246 e. The summed E-state index contributed by atoms with van der Waals surface area (Å²) < 4.78 is 0.961. The molecule has 2 aliphatic rings. The number of carbonyl (C=O) groups excluding carboxylic acids is 2. The van der Waals surface area contributed by atoms with Crippen LogP contribution in [0.5, 0.6) is 0 Å². The number of hydrogen-bond donors (Lipinski definition) is 1. The second-order valence-electron chi connectivity index (χ2n) is 10.5. The van der Waals surface area contributed by atoms with Crippen molar-refractivity contribution in [3.63, 3.8) is 0 Å². The van der Waals surface area contributed by atoms with E-state index < -0.39 is 0 Å². The number of nitrogens with one attached hydrogen (secondary N) is 1. The molecule has 0 aliphatic carbocycles. The Bertz CT molecular complexity index is 1310. The molecule has 3 aromatic rings. The molecule has 9 heteroatoms. The molecule has 38 heavy (non-hydrogen) atoms. The van der Waals surface area contributed by atoms with Gasteiger partial charge in [0.25, 0.3) is 0 Å². The van der Waals surface area contributed by atoms with Crippen molar-refractivity contribution in [2.45, 2.75) is 52.2 Å². The molecular formula is C29H36N6O2S. The van der Waals surface area contributed by atoms with Gasteiger partial charge in [0.15, 0.2) is 5.82 Å². The molecule has 8 nitrogen and oxygen atoms in total. The second-order valence-corrected chi connectivity index (χ2v) is 11.4. The number of anilines is 2. The van der Waals surface area contributed by atoms with Gasteiger partial charge in [-0.05, 0) is 47.9 Å². The third-order valence-corrected chi connectivity index (χ3v) is 8.53. The van der Waals surface area contributed by atoms with Crippen LogP contribution in [-0.2, 0) is 16.1 Å². The molecule has 0 unspecified atom stereocenters. The maximum Gasteiger partial charge on any atom is 0.246 e. The van der Waals surface area contributed by atoms with Crippen LogP contribution in [0.1, 0.15) is 50.8 Å². The third-order valence-electron chi connectivity index (χ3n) is 7.63. The zero-order chi connectivity index (χ0) is 26.8. The van der Waals surface area contributed by atoms with Gasteiger partial charge in [-0.25, -0.2) is 4.98 Å². The summed E-state index contributed by atoms with van der Waals surface area (Å²) in [7, 11) is 0. The van der Waals surface area contributed by atoms with Crippen LogP contribution >= 0.6 is 11.3 Å². The van der Waals surface area contributed by atoms with Crippen molar-refractivity contribution in [1.82, 2.24) is 19.8 Å². The topological polar surface area (TPSA) is 81.7 Å². The molecule has 0 saturated carbocycles. The van der Waals surface area contributed by atoms with Crippen molar-refractivity contribution in [3.05, 3.63) is 59.5 Å². The van der Waals surface area contributed by atoms with Crippen LogP contribution < -0.4 is 10.2 Å². The zero-order valence-corrected chi connectivity index (χ0v) is 23.2. The molecule has 0 spiro atoms. The Hall–Kier alpha value is -3.30. The van der Waals surface area contributed by atoms with Gasteiger partial charge in [-0.15, -0.1) is 11.3 Å². The molecule has 1 N–H and O–H groups in total. The predicted octanol–water partition coefficient (Wildman–Crippen LogP) is 4.85. The average Bonchev–Trinajstić information content (AvgIpc) is 3.55. The number of hydrogen-bond acceptors (Lipinski definition) is 7. The van der Waals surface area contributed by atoms with Gasteiger partial charge in [-0.1, -0.05) is 44.7 Å². The highest BCUT2D eigenvalue weighted by molar-refractivity contribution is 7.17. The SMILES string of the molecule is C=CC(=O)N1CCN(Cc2ccc([C@H](C)Nc3nc(N4C(=O)CC[C@@H]4C(C)C)c4sccc4n3)cc2)CC1. The molecule has 0 radical (unpaired) electrons. The summed E-state index contributed by atoms with van der Waals surface area (Å²) in [6.45, 7) is 14.1. The van der Waals surface area contributed by atoms with Crippen molar-refractivity contribution in [2.24, 2.45) is 5.92 Å². The van der Waals surface area contributed by atoms with Gasteiger partial charge in [0.1, 0.15) is 0 Å². The summed E-state index contributed by atoms with van der Waals surface area (Å²) in [5.41, 5.74) is 3.25. The van der Waals surface area contributed by atoms with E-state index in [1.54, 1.807) is 11.3 Å². The molecule has 1 aromatic carbocycles. The zero-order valence-electron chi connectivity index (χ0n) is 22.4. The minimum absolute atomic E-state index is 0.00313. The van der Waals surface area contributed by atoms with E-state index in [1.807, 2.05) is 21.2 Å². The fourth-order valence-electron chi connectivity index (χ4n) is 5.39. The second kappa shape index (κ2) is 11.2. The lowest BCUT2D eigenvalue weighted by molar-refractivity contribution is -0.127. The normalized spacial score (nSPS) is 19.4. The number of amides is 2. The van der Waals surface area contributed by atoms with Gasteiger partial charge in [-0.2, -0.15) is 4.98 Å². The lowest BCUT2D eigenvalue weighted by Gasteiger charge is -2.34. The van der Waals surface area contributed by atoms with Crippen LogP contribution in [0.15, 0.2) is 48.4 Å². The number of rotatable bonds is 8. The quantitative estimate of drug-likeness (QED) is 0.418. The number of fused-ring (bicyclic) bond motifs is 1. The van der Waals surface area contributed by atoms with Crippen molar-refractivity contribution < 1.29 is 9.59 Å². The van der Waals surface area contributed by atoms with E-state index in [1.165, 1.54) is 11.6 Å². The molecule has 2 saturated heterocycles. The molecule has 2 fully saturated rings. The maximum atomic E-state index is 12.9. The van der Waals surface area contributed by atoms with E-state index in [-0.39, 0.29) is 23.9 Å². The van der Waals surface area contributed by atoms with Crippen molar-refractivity contribution in [3.8, 4) is 0 Å². The molecule has 4 heterocycles. The predicted molar refractivity (Wildman–Crippen MR) is 153 cm³/mol. The first-order valence-electron chi connectivity index (χ1n) is 13.4. The Morgan fingerprint density at radius 1 is 1.13 bits per heavy atom. The number of carbonyl (C=O) groups is 2. The van der Waals surface area contributed by atoms with Gasteiger partial charge in [0.2, 0.25) is 17.8 Å². The van der Waals surface area contributed by atoms with Crippen molar-refractivity contribution in [1.29, 1.82) is 0 Å². The minimum Gasteiger partial charge on any atom is -0.348 e. The number of piperazine rings is 1. The molecule has 2 aliphatic heterocycles. The first-order valence-corrected chi connectivity index (χ1v) is 14.3. The fraction of sp³-hybridized carbons (Fsp3) is 0.448. The standard InChI is InChI=1S/C29H36N6O2S/c1-5-25(36)34-15-13-33(14-16-34)18-21-6-8-22(9-7-21)20(4)30-29-31-23-12-17-38-27(23)28(32-29)35-24(19(2)3)10-11-26(35)37/h5-9,12,17,19-20,24H,1,10-11,13-16,18H2,2-4H3,(H,30,31,32)/t20-,24+/m0/s1. The number of aromatic nitrogens is 2. The Morgan fingerprint density at radius 2 is 1.87 bits per heavy atom. The largest absolute Gasteiger partial charge is 0.348 e. The Kier molecular flexibility index (Phi) is 7.76. The molecule has 200 valence electrons. The molecular weight excluding hydrogens is 496 g/mol. The summed E-state index contributed by atoms with van der Waals surface area (Å²) in [6.07, 6.45) is 2.82. The van der Waals surface area contributed by atoms with Gasteiger partial charge in [-0.3, -0.25) is 19.4 Å². The average molecular weight is 533 g/mol. The molecule has 2 amide bonds. The third kappa shape index (κ3) is 5.44.